The van der Waals surface area contributed by atoms with Crippen molar-refractivity contribution < 1.29 is 9.84 Å². The zero-order valence-electron chi connectivity index (χ0n) is 8.60. The highest BCUT2D eigenvalue weighted by molar-refractivity contribution is 5.28. The fourth-order valence-electron chi connectivity index (χ4n) is 1.23. The van der Waals surface area contributed by atoms with Gasteiger partial charge in [0.2, 0.25) is 0 Å². The van der Waals surface area contributed by atoms with Crippen LogP contribution in [0.2, 0.25) is 0 Å². The summed E-state index contributed by atoms with van der Waals surface area (Å²) >= 11 is 0. The molecule has 0 bridgehead atoms. The van der Waals surface area contributed by atoms with Crippen LogP contribution >= 0.6 is 0 Å². The molecule has 14 heavy (non-hydrogen) atoms. The molecule has 2 nitrogen and oxygen atoms in total. The van der Waals surface area contributed by atoms with Crippen LogP contribution in [0.25, 0.3) is 0 Å². The molecule has 0 radical (unpaired) electrons. The molecule has 1 aromatic carbocycles. The molecule has 0 aliphatic heterocycles. The molecule has 2 heteroatoms. The first-order valence-corrected chi connectivity index (χ1v) is 4.63. The van der Waals surface area contributed by atoms with Crippen LogP contribution in [0.4, 0.5) is 0 Å². The van der Waals surface area contributed by atoms with Gasteiger partial charge in [-0.25, -0.2) is 0 Å². The van der Waals surface area contributed by atoms with E-state index in [4.69, 9.17) is 4.74 Å². The maximum atomic E-state index is 9.84. The molecule has 0 unspecified atom stereocenters. The lowest BCUT2D eigenvalue weighted by Crippen LogP contribution is -2.06. The van der Waals surface area contributed by atoms with E-state index in [2.05, 4.69) is 6.58 Å². The summed E-state index contributed by atoms with van der Waals surface area (Å²) in [4.78, 5) is 0. The largest absolute Gasteiger partial charge is 0.497 e. The van der Waals surface area contributed by atoms with Gasteiger partial charge in [0.05, 0.1) is 13.2 Å². The van der Waals surface area contributed by atoms with Crippen LogP contribution in [0.15, 0.2) is 36.9 Å². The molecule has 0 aliphatic rings. The van der Waals surface area contributed by atoms with Crippen molar-refractivity contribution >= 4 is 0 Å². The van der Waals surface area contributed by atoms with E-state index in [0.717, 1.165) is 11.3 Å². The highest BCUT2D eigenvalue weighted by Crippen LogP contribution is 2.24. The normalized spacial score (nSPS) is 14.5. The average molecular weight is 192 g/mol. The van der Waals surface area contributed by atoms with Crippen molar-refractivity contribution in [2.45, 2.75) is 13.0 Å². The molecule has 1 rings (SSSR count). The zero-order chi connectivity index (χ0) is 10.6. The summed E-state index contributed by atoms with van der Waals surface area (Å²) in [5.74, 6) is 0.857. The van der Waals surface area contributed by atoms with Gasteiger partial charge in [-0.15, -0.1) is 6.58 Å². The van der Waals surface area contributed by atoms with E-state index in [1.807, 2.05) is 31.2 Å². The third-order valence-electron chi connectivity index (χ3n) is 2.33. The lowest BCUT2D eigenvalue weighted by atomic mass is 9.98. The first-order valence-electron chi connectivity index (χ1n) is 4.63. The van der Waals surface area contributed by atoms with Gasteiger partial charge in [0.25, 0.3) is 0 Å². The van der Waals surface area contributed by atoms with Crippen molar-refractivity contribution in [1.82, 2.24) is 0 Å². The number of rotatable bonds is 4. The predicted molar refractivity (Wildman–Crippen MR) is 57.3 cm³/mol. The minimum atomic E-state index is -0.488. The molecule has 0 fully saturated rings. The van der Waals surface area contributed by atoms with E-state index in [-0.39, 0.29) is 5.92 Å². The summed E-state index contributed by atoms with van der Waals surface area (Å²) in [6, 6.07) is 7.41. The van der Waals surface area contributed by atoms with Crippen LogP contribution in [0.3, 0.4) is 0 Å². The Morgan fingerprint density at radius 1 is 1.36 bits per heavy atom. The molecule has 0 heterocycles. The Morgan fingerprint density at radius 2 is 1.93 bits per heavy atom. The Morgan fingerprint density at radius 3 is 2.36 bits per heavy atom. The van der Waals surface area contributed by atoms with Gasteiger partial charge < -0.3 is 9.84 Å². The highest BCUT2D eigenvalue weighted by atomic mass is 16.5. The fourth-order valence-corrected chi connectivity index (χ4v) is 1.23. The number of ether oxygens (including phenoxy) is 1. The minimum absolute atomic E-state index is 0.0587. The van der Waals surface area contributed by atoms with Crippen LogP contribution < -0.4 is 4.74 Å². The van der Waals surface area contributed by atoms with Crippen molar-refractivity contribution in [3.63, 3.8) is 0 Å². The molecule has 0 aromatic heterocycles. The molecular weight excluding hydrogens is 176 g/mol. The second-order valence-electron chi connectivity index (χ2n) is 3.31. The van der Waals surface area contributed by atoms with Gasteiger partial charge in [-0.05, 0) is 17.7 Å². The number of aliphatic hydroxyl groups excluding tert-OH is 1. The van der Waals surface area contributed by atoms with Crippen LogP contribution in [-0.4, -0.2) is 12.2 Å². The maximum absolute atomic E-state index is 9.84. The number of hydrogen-bond acceptors (Lipinski definition) is 2. The van der Waals surface area contributed by atoms with Crippen molar-refractivity contribution in [1.29, 1.82) is 0 Å². The zero-order valence-corrected chi connectivity index (χ0v) is 8.60. The Balaban J connectivity index is 2.80. The summed E-state index contributed by atoms with van der Waals surface area (Å²) in [6.07, 6.45) is 1.26. The maximum Gasteiger partial charge on any atom is 0.118 e. The predicted octanol–water partition coefficient (Wildman–Crippen LogP) is 2.55. The third kappa shape index (κ3) is 2.36. The van der Waals surface area contributed by atoms with Crippen molar-refractivity contribution in [2.24, 2.45) is 5.92 Å². The molecule has 1 aromatic rings. The summed E-state index contributed by atoms with van der Waals surface area (Å²) in [5.41, 5.74) is 0.887. The summed E-state index contributed by atoms with van der Waals surface area (Å²) in [7, 11) is 1.62. The van der Waals surface area contributed by atoms with E-state index in [9.17, 15) is 5.11 Å². The Labute approximate surface area is 84.8 Å². The second-order valence-corrected chi connectivity index (χ2v) is 3.31. The summed E-state index contributed by atoms with van der Waals surface area (Å²) in [5, 5.41) is 9.84. The van der Waals surface area contributed by atoms with Crippen LogP contribution in [0, 0.1) is 5.92 Å². The molecule has 0 amide bonds. The van der Waals surface area contributed by atoms with E-state index in [1.165, 1.54) is 0 Å². The first kappa shape index (κ1) is 10.8. The Kier molecular flexibility index (Phi) is 3.72. The minimum Gasteiger partial charge on any atom is -0.497 e. The number of hydrogen-bond donors (Lipinski definition) is 1. The smallest absolute Gasteiger partial charge is 0.118 e. The van der Waals surface area contributed by atoms with Crippen LogP contribution in [-0.2, 0) is 0 Å². The van der Waals surface area contributed by atoms with Crippen LogP contribution in [0.5, 0.6) is 5.75 Å². The van der Waals surface area contributed by atoms with Gasteiger partial charge in [0, 0.05) is 5.92 Å². The molecule has 0 saturated carbocycles. The van der Waals surface area contributed by atoms with Gasteiger partial charge >= 0.3 is 0 Å². The second kappa shape index (κ2) is 4.82. The molecular formula is C12H16O2. The van der Waals surface area contributed by atoms with E-state index in [0.29, 0.717) is 0 Å². The third-order valence-corrected chi connectivity index (χ3v) is 2.33. The standard InChI is InChI=1S/C12H16O2/c1-4-9(2)12(13)10-5-7-11(14-3)8-6-10/h4-9,12-13H,1H2,2-3H3/t9-,12-/m0/s1. The topological polar surface area (TPSA) is 29.5 Å². The fraction of sp³-hybridized carbons (Fsp3) is 0.333. The first-order chi connectivity index (χ1) is 6.69. The molecule has 0 saturated heterocycles. The van der Waals surface area contributed by atoms with Gasteiger partial charge in [-0.1, -0.05) is 25.1 Å². The summed E-state index contributed by atoms with van der Waals surface area (Å²) in [6.45, 7) is 5.59. The van der Waals surface area contributed by atoms with Gasteiger partial charge in [0.1, 0.15) is 5.75 Å². The van der Waals surface area contributed by atoms with Crippen LogP contribution in [0.1, 0.15) is 18.6 Å². The molecule has 1 N–H and O–H groups in total. The molecule has 76 valence electrons. The number of benzene rings is 1. The van der Waals surface area contributed by atoms with E-state index in [1.54, 1.807) is 13.2 Å². The van der Waals surface area contributed by atoms with Crippen molar-refractivity contribution in [3.05, 3.63) is 42.5 Å². The Hall–Kier alpha value is -1.28. The Bertz CT molecular complexity index is 290. The van der Waals surface area contributed by atoms with Crippen molar-refractivity contribution in [3.8, 4) is 5.75 Å². The molecule has 0 aliphatic carbocycles. The lowest BCUT2D eigenvalue weighted by molar-refractivity contribution is 0.140. The summed E-state index contributed by atoms with van der Waals surface area (Å²) < 4.78 is 5.03. The van der Waals surface area contributed by atoms with Gasteiger partial charge in [-0.3, -0.25) is 0 Å². The SMILES string of the molecule is C=C[C@H](C)[C@H](O)c1ccc(OC)cc1. The van der Waals surface area contributed by atoms with Gasteiger partial charge in [0.15, 0.2) is 0 Å². The number of methoxy groups -OCH3 is 1. The highest BCUT2D eigenvalue weighted by Gasteiger charge is 2.12. The van der Waals surface area contributed by atoms with Gasteiger partial charge in [-0.2, -0.15) is 0 Å². The van der Waals surface area contributed by atoms with E-state index < -0.39 is 6.10 Å². The monoisotopic (exact) mass is 192 g/mol. The van der Waals surface area contributed by atoms with Crippen molar-refractivity contribution in [2.75, 3.05) is 7.11 Å². The molecule has 0 spiro atoms. The quantitative estimate of drug-likeness (QED) is 0.743. The number of aliphatic hydroxyl groups is 1. The average Bonchev–Trinajstić information content (AvgIpc) is 2.27. The molecule has 2 atom stereocenters. The lowest BCUT2D eigenvalue weighted by Gasteiger charge is -2.15. The van der Waals surface area contributed by atoms with E-state index >= 15 is 0 Å².